The molecule has 0 atom stereocenters. The number of nitrogens with one attached hydrogen (secondary N) is 2. The van der Waals surface area contributed by atoms with E-state index in [1.165, 1.54) is 11.0 Å². The number of benzene rings is 1. The molecule has 10 heteroatoms. The van der Waals surface area contributed by atoms with Gasteiger partial charge in [-0.2, -0.15) is 5.10 Å². The second-order valence-corrected chi connectivity index (χ2v) is 6.01. The summed E-state index contributed by atoms with van der Waals surface area (Å²) >= 11 is 0. The summed E-state index contributed by atoms with van der Waals surface area (Å²) in [6.07, 6.45) is -1.50. The number of H-pyrrole nitrogens is 1. The van der Waals surface area contributed by atoms with E-state index in [0.29, 0.717) is 16.7 Å². The molecule has 0 aliphatic carbocycles. The van der Waals surface area contributed by atoms with E-state index < -0.39 is 18.1 Å². The molecule has 0 saturated heterocycles. The Morgan fingerprint density at radius 3 is 2.75 bits per heavy atom. The Morgan fingerprint density at radius 1 is 1.21 bits per heavy atom. The first kappa shape index (κ1) is 17.7. The smallest absolute Gasteiger partial charge is 0.294 e. The van der Waals surface area contributed by atoms with Crippen LogP contribution in [0.3, 0.4) is 0 Å². The van der Waals surface area contributed by atoms with Crippen molar-refractivity contribution in [3.8, 4) is 11.3 Å². The third-order valence-corrected chi connectivity index (χ3v) is 4.18. The normalized spacial score (nSPS) is 11.3. The maximum atomic E-state index is 13.6. The quantitative estimate of drug-likeness (QED) is 0.560. The first-order valence-electron chi connectivity index (χ1n) is 8.15. The summed E-state index contributed by atoms with van der Waals surface area (Å²) in [5, 5.41) is 7.04. The molecule has 0 bridgehead atoms. The number of aromatic amines is 1. The Morgan fingerprint density at radius 2 is 2.04 bits per heavy atom. The SMILES string of the molecule is Cn1ncnc1C(=O)Nc1ccc2cc(-c3cc(F)ccc3C(F)F)[nH]c2n1. The zero-order valence-electron chi connectivity index (χ0n) is 14.4. The van der Waals surface area contributed by atoms with E-state index in [0.717, 1.165) is 18.2 Å². The molecule has 0 saturated carbocycles. The van der Waals surface area contributed by atoms with Crippen molar-refractivity contribution >= 4 is 22.8 Å². The minimum absolute atomic E-state index is 0.0534. The number of anilines is 1. The molecule has 1 amide bonds. The molecule has 142 valence electrons. The summed E-state index contributed by atoms with van der Waals surface area (Å²) in [7, 11) is 1.58. The van der Waals surface area contributed by atoms with E-state index in [2.05, 4.69) is 25.4 Å². The van der Waals surface area contributed by atoms with Gasteiger partial charge >= 0.3 is 0 Å². The zero-order valence-corrected chi connectivity index (χ0v) is 14.4. The monoisotopic (exact) mass is 386 g/mol. The molecule has 28 heavy (non-hydrogen) atoms. The van der Waals surface area contributed by atoms with Crippen LogP contribution in [-0.2, 0) is 7.05 Å². The van der Waals surface area contributed by atoms with E-state index >= 15 is 0 Å². The van der Waals surface area contributed by atoms with Crippen molar-refractivity contribution in [1.29, 1.82) is 0 Å². The van der Waals surface area contributed by atoms with Crippen molar-refractivity contribution in [3.63, 3.8) is 0 Å². The Labute approximate surface area is 156 Å². The molecule has 7 nitrogen and oxygen atoms in total. The lowest BCUT2D eigenvalue weighted by Gasteiger charge is -2.07. The van der Waals surface area contributed by atoms with Crippen molar-refractivity contribution < 1.29 is 18.0 Å². The van der Waals surface area contributed by atoms with Gasteiger partial charge in [0.1, 0.15) is 23.6 Å². The number of carbonyl (C=O) groups is 1. The average Bonchev–Trinajstić information content (AvgIpc) is 3.27. The third-order valence-electron chi connectivity index (χ3n) is 4.18. The standard InChI is InChI=1S/C18H13F3N6O/c1-27-17(22-8-23-27)18(28)26-14-5-2-9-6-13(24-16(9)25-14)12-7-10(19)3-4-11(12)15(20)21/h2-8,15H,1H3,(H2,24,25,26,28). The number of amides is 1. The molecule has 0 fully saturated rings. The summed E-state index contributed by atoms with van der Waals surface area (Å²) in [6, 6.07) is 7.91. The highest BCUT2D eigenvalue weighted by Gasteiger charge is 2.18. The van der Waals surface area contributed by atoms with Crippen LogP contribution in [0.25, 0.3) is 22.3 Å². The number of alkyl halides is 2. The predicted molar refractivity (Wildman–Crippen MR) is 95.4 cm³/mol. The van der Waals surface area contributed by atoms with Crippen molar-refractivity contribution in [2.75, 3.05) is 5.32 Å². The summed E-state index contributed by atoms with van der Waals surface area (Å²) in [5.41, 5.74) is 0.422. The van der Waals surface area contributed by atoms with Gasteiger partial charge < -0.3 is 10.3 Å². The maximum absolute atomic E-state index is 13.6. The predicted octanol–water partition coefficient (Wildman–Crippen LogP) is 3.69. The summed E-state index contributed by atoms with van der Waals surface area (Å²) < 4.78 is 41.4. The fraction of sp³-hybridized carbons (Fsp3) is 0.111. The van der Waals surface area contributed by atoms with Crippen molar-refractivity contribution in [1.82, 2.24) is 24.7 Å². The topological polar surface area (TPSA) is 88.5 Å². The second kappa shape index (κ2) is 6.80. The lowest BCUT2D eigenvalue weighted by atomic mass is 10.0. The van der Waals surface area contributed by atoms with E-state index in [-0.39, 0.29) is 22.8 Å². The number of halogens is 3. The molecular weight excluding hydrogens is 373 g/mol. The van der Waals surface area contributed by atoms with Gasteiger partial charge in [0.05, 0.1) is 0 Å². The molecule has 0 unspecified atom stereocenters. The van der Waals surface area contributed by atoms with Crippen LogP contribution in [-0.4, -0.2) is 30.6 Å². The highest BCUT2D eigenvalue weighted by molar-refractivity contribution is 6.01. The average molecular weight is 386 g/mol. The number of hydrogen-bond donors (Lipinski definition) is 2. The molecule has 0 aliphatic rings. The molecule has 1 aromatic carbocycles. The number of aromatic nitrogens is 5. The fourth-order valence-electron chi connectivity index (χ4n) is 2.85. The van der Waals surface area contributed by atoms with Gasteiger partial charge in [0.15, 0.2) is 0 Å². The minimum Gasteiger partial charge on any atom is -0.339 e. The van der Waals surface area contributed by atoms with E-state index in [1.54, 1.807) is 25.2 Å². The van der Waals surface area contributed by atoms with E-state index in [1.807, 2.05) is 0 Å². The molecule has 0 aliphatic heterocycles. The first-order chi connectivity index (χ1) is 13.4. The molecule has 2 N–H and O–H groups in total. The number of carbonyl (C=O) groups excluding carboxylic acids is 1. The Kier molecular flexibility index (Phi) is 4.30. The minimum atomic E-state index is -2.75. The van der Waals surface area contributed by atoms with E-state index in [4.69, 9.17) is 0 Å². The van der Waals surface area contributed by atoms with Crippen LogP contribution in [0.4, 0.5) is 19.0 Å². The van der Waals surface area contributed by atoms with Gasteiger partial charge in [-0.05, 0) is 36.4 Å². The van der Waals surface area contributed by atoms with Crippen molar-refractivity contribution in [3.05, 3.63) is 59.9 Å². The largest absolute Gasteiger partial charge is 0.339 e. The van der Waals surface area contributed by atoms with Crippen LogP contribution in [0.2, 0.25) is 0 Å². The van der Waals surface area contributed by atoms with Gasteiger partial charge in [-0.3, -0.25) is 4.79 Å². The van der Waals surface area contributed by atoms with Crippen LogP contribution in [0.15, 0.2) is 42.7 Å². The lowest BCUT2D eigenvalue weighted by Crippen LogP contribution is -2.18. The van der Waals surface area contributed by atoms with Gasteiger partial charge in [-0.25, -0.2) is 27.8 Å². The van der Waals surface area contributed by atoms with Crippen LogP contribution < -0.4 is 5.32 Å². The Bertz CT molecular complexity index is 1180. The van der Waals surface area contributed by atoms with Gasteiger partial charge in [0.25, 0.3) is 12.3 Å². The number of rotatable bonds is 4. The summed E-state index contributed by atoms with van der Waals surface area (Å²) in [6.45, 7) is 0. The second-order valence-electron chi connectivity index (χ2n) is 6.01. The molecule has 4 aromatic rings. The number of pyridine rings is 1. The first-order valence-corrected chi connectivity index (χ1v) is 8.15. The van der Waals surface area contributed by atoms with Gasteiger partial charge in [0, 0.05) is 29.3 Å². The van der Waals surface area contributed by atoms with Crippen molar-refractivity contribution in [2.24, 2.45) is 7.05 Å². The molecule has 0 spiro atoms. The molecule has 0 radical (unpaired) electrons. The van der Waals surface area contributed by atoms with Gasteiger partial charge in [-0.15, -0.1) is 0 Å². The van der Waals surface area contributed by atoms with Crippen LogP contribution in [0.1, 0.15) is 22.6 Å². The molecule has 3 heterocycles. The highest BCUT2D eigenvalue weighted by Crippen LogP contribution is 2.33. The Hall–Kier alpha value is -3.69. The maximum Gasteiger partial charge on any atom is 0.294 e. The highest BCUT2D eigenvalue weighted by atomic mass is 19.3. The van der Waals surface area contributed by atoms with Gasteiger partial charge in [0.2, 0.25) is 5.82 Å². The van der Waals surface area contributed by atoms with Crippen LogP contribution >= 0.6 is 0 Å². The summed E-state index contributed by atoms with van der Waals surface area (Å²) in [4.78, 5) is 23.2. The Balaban J connectivity index is 1.69. The van der Waals surface area contributed by atoms with E-state index in [9.17, 15) is 18.0 Å². The zero-order chi connectivity index (χ0) is 19.8. The molecule has 4 rings (SSSR count). The van der Waals surface area contributed by atoms with Crippen LogP contribution in [0.5, 0.6) is 0 Å². The number of hydrogen-bond acceptors (Lipinski definition) is 4. The third kappa shape index (κ3) is 3.20. The van der Waals surface area contributed by atoms with Gasteiger partial charge in [-0.1, -0.05) is 0 Å². The number of aryl methyl sites for hydroxylation is 1. The lowest BCUT2D eigenvalue weighted by molar-refractivity contribution is 0.101. The molecular formula is C18H13F3N6O. The molecule has 3 aromatic heterocycles. The van der Waals surface area contributed by atoms with Crippen molar-refractivity contribution in [2.45, 2.75) is 6.43 Å². The summed E-state index contributed by atoms with van der Waals surface area (Å²) in [5.74, 6) is -0.774. The fourth-order valence-corrected chi connectivity index (χ4v) is 2.85. The van der Waals surface area contributed by atoms with Crippen LogP contribution in [0, 0.1) is 5.82 Å². The number of nitrogens with zero attached hydrogens (tertiary/aromatic N) is 4. The number of fused-ring (bicyclic) bond motifs is 1.